The molecule has 2 fully saturated rings. The summed E-state index contributed by atoms with van der Waals surface area (Å²) in [4.78, 5) is 0. The lowest BCUT2D eigenvalue weighted by Gasteiger charge is -2.23. The van der Waals surface area contributed by atoms with Gasteiger partial charge in [-0.1, -0.05) is 19.8 Å². The second-order valence-corrected chi connectivity index (χ2v) is 5.51. The van der Waals surface area contributed by atoms with Gasteiger partial charge in [0.05, 0.1) is 6.54 Å². The van der Waals surface area contributed by atoms with Crippen molar-refractivity contribution in [1.82, 2.24) is 14.8 Å². The van der Waals surface area contributed by atoms with Crippen molar-refractivity contribution in [1.29, 1.82) is 0 Å². The summed E-state index contributed by atoms with van der Waals surface area (Å²) in [6.07, 6.45) is 7.70. The molecule has 0 saturated heterocycles. The van der Waals surface area contributed by atoms with Crippen LogP contribution in [0.2, 0.25) is 0 Å². The van der Waals surface area contributed by atoms with Crippen LogP contribution in [0.25, 0.3) is 0 Å². The standard InChI is InChI=1S/C12H20N4/c1-12(6-2-3-7-12)11-15-14-10(8-13)16(11)9-4-5-9/h9H,2-8,13H2,1H3. The van der Waals surface area contributed by atoms with E-state index in [0.717, 1.165) is 5.82 Å². The minimum Gasteiger partial charge on any atom is -0.324 e. The summed E-state index contributed by atoms with van der Waals surface area (Å²) < 4.78 is 2.34. The molecule has 2 aliphatic carbocycles. The summed E-state index contributed by atoms with van der Waals surface area (Å²) in [6, 6.07) is 0.640. The highest BCUT2D eigenvalue weighted by Crippen LogP contribution is 2.44. The number of hydrogen-bond donors (Lipinski definition) is 1. The first-order chi connectivity index (χ1) is 7.74. The Morgan fingerprint density at radius 2 is 2.00 bits per heavy atom. The lowest BCUT2D eigenvalue weighted by Crippen LogP contribution is -2.24. The van der Waals surface area contributed by atoms with Gasteiger partial charge in [0.25, 0.3) is 0 Å². The molecule has 1 aromatic heterocycles. The average molecular weight is 220 g/mol. The largest absolute Gasteiger partial charge is 0.324 e. The summed E-state index contributed by atoms with van der Waals surface area (Å²) >= 11 is 0. The van der Waals surface area contributed by atoms with Crippen molar-refractivity contribution in [3.63, 3.8) is 0 Å². The predicted octanol–water partition coefficient (Wildman–Crippen LogP) is 1.90. The molecule has 0 radical (unpaired) electrons. The first-order valence-electron chi connectivity index (χ1n) is 6.39. The van der Waals surface area contributed by atoms with E-state index in [1.165, 1.54) is 44.3 Å². The second-order valence-electron chi connectivity index (χ2n) is 5.51. The van der Waals surface area contributed by atoms with Crippen LogP contribution in [0.4, 0.5) is 0 Å². The van der Waals surface area contributed by atoms with Gasteiger partial charge in [-0.05, 0) is 25.7 Å². The molecule has 1 aromatic rings. The number of hydrogen-bond acceptors (Lipinski definition) is 3. The van der Waals surface area contributed by atoms with E-state index in [0.29, 0.717) is 12.6 Å². The predicted molar refractivity (Wildman–Crippen MR) is 62.0 cm³/mol. The number of aromatic nitrogens is 3. The maximum atomic E-state index is 5.75. The molecule has 88 valence electrons. The fourth-order valence-corrected chi connectivity index (χ4v) is 2.97. The third kappa shape index (κ3) is 1.47. The van der Waals surface area contributed by atoms with Gasteiger partial charge in [-0.25, -0.2) is 0 Å². The molecule has 3 rings (SSSR count). The van der Waals surface area contributed by atoms with Crippen molar-refractivity contribution in [2.45, 2.75) is 63.5 Å². The fourth-order valence-electron chi connectivity index (χ4n) is 2.97. The van der Waals surface area contributed by atoms with Gasteiger partial charge < -0.3 is 10.3 Å². The Morgan fingerprint density at radius 3 is 2.56 bits per heavy atom. The summed E-state index contributed by atoms with van der Waals surface area (Å²) in [5, 5.41) is 8.71. The normalized spacial score (nSPS) is 23.9. The van der Waals surface area contributed by atoms with Crippen LogP contribution in [-0.4, -0.2) is 14.8 Å². The molecular formula is C12H20N4. The maximum absolute atomic E-state index is 5.75. The number of nitrogens with zero attached hydrogens (tertiary/aromatic N) is 3. The highest BCUT2D eigenvalue weighted by atomic mass is 15.3. The summed E-state index contributed by atoms with van der Waals surface area (Å²) in [6.45, 7) is 2.85. The van der Waals surface area contributed by atoms with Gasteiger partial charge in [0.15, 0.2) is 0 Å². The van der Waals surface area contributed by atoms with E-state index in [1.54, 1.807) is 0 Å². The highest BCUT2D eigenvalue weighted by Gasteiger charge is 2.39. The molecule has 0 aliphatic heterocycles. The SMILES string of the molecule is CC1(c2nnc(CN)n2C2CC2)CCCC1. The molecule has 0 atom stereocenters. The van der Waals surface area contributed by atoms with E-state index in [4.69, 9.17) is 5.73 Å². The highest BCUT2D eigenvalue weighted by molar-refractivity contribution is 5.14. The second kappa shape index (κ2) is 3.55. The van der Waals surface area contributed by atoms with E-state index in [1.807, 2.05) is 0 Å². The lowest BCUT2D eigenvalue weighted by atomic mass is 9.88. The smallest absolute Gasteiger partial charge is 0.147 e. The van der Waals surface area contributed by atoms with Crippen LogP contribution in [0.3, 0.4) is 0 Å². The van der Waals surface area contributed by atoms with Crippen LogP contribution in [0.1, 0.15) is 63.1 Å². The van der Waals surface area contributed by atoms with Crippen LogP contribution in [0, 0.1) is 0 Å². The molecule has 0 bridgehead atoms. The van der Waals surface area contributed by atoms with Gasteiger partial charge in [0.2, 0.25) is 0 Å². The first-order valence-corrected chi connectivity index (χ1v) is 6.39. The molecule has 0 unspecified atom stereocenters. The third-order valence-corrected chi connectivity index (χ3v) is 4.11. The van der Waals surface area contributed by atoms with Crippen LogP contribution < -0.4 is 5.73 Å². The quantitative estimate of drug-likeness (QED) is 0.846. The van der Waals surface area contributed by atoms with Crippen LogP contribution in [-0.2, 0) is 12.0 Å². The van der Waals surface area contributed by atoms with Crippen molar-refractivity contribution in [2.24, 2.45) is 5.73 Å². The van der Waals surface area contributed by atoms with Crippen LogP contribution in [0.15, 0.2) is 0 Å². The Morgan fingerprint density at radius 1 is 1.31 bits per heavy atom. The summed E-state index contributed by atoms with van der Waals surface area (Å²) in [5.41, 5.74) is 6.00. The molecule has 4 heteroatoms. The minimum atomic E-state index is 0.253. The molecule has 0 amide bonds. The molecule has 0 spiro atoms. The van der Waals surface area contributed by atoms with Crippen molar-refractivity contribution in [2.75, 3.05) is 0 Å². The molecule has 2 aliphatic rings. The fraction of sp³-hybridized carbons (Fsp3) is 0.833. The summed E-state index contributed by atoms with van der Waals surface area (Å²) in [5.74, 6) is 2.18. The van der Waals surface area contributed by atoms with E-state index in [2.05, 4.69) is 21.7 Å². The van der Waals surface area contributed by atoms with E-state index in [9.17, 15) is 0 Å². The molecule has 2 saturated carbocycles. The zero-order valence-corrected chi connectivity index (χ0v) is 9.95. The molecular weight excluding hydrogens is 200 g/mol. The number of nitrogens with two attached hydrogens (primary N) is 1. The zero-order chi connectivity index (χ0) is 11.2. The zero-order valence-electron chi connectivity index (χ0n) is 9.95. The van der Waals surface area contributed by atoms with Crippen molar-refractivity contribution >= 4 is 0 Å². The molecule has 0 aromatic carbocycles. The number of rotatable bonds is 3. The Kier molecular flexibility index (Phi) is 2.28. The van der Waals surface area contributed by atoms with Gasteiger partial charge >= 0.3 is 0 Å². The third-order valence-electron chi connectivity index (χ3n) is 4.11. The van der Waals surface area contributed by atoms with Gasteiger partial charge in [-0.15, -0.1) is 10.2 Å². The molecule has 16 heavy (non-hydrogen) atoms. The average Bonchev–Trinajstić information content (AvgIpc) is 2.87. The molecule has 4 nitrogen and oxygen atoms in total. The van der Waals surface area contributed by atoms with Crippen LogP contribution in [0.5, 0.6) is 0 Å². The topological polar surface area (TPSA) is 56.7 Å². The Bertz CT molecular complexity index is 386. The van der Waals surface area contributed by atoms with Crippen molar-refractivity contribution < 1.29 is 0 Å². The van der Waals surface area contributed by atoms with Gasteiger partial charge in [-0.3, -0.25) is 0 Å². The summed E-state index contributed by atoms with van der Waals surface area (Å²) in [7, 11) is 0. The van der Waals surface area contributed by atoms with E-state index < -0.39 is 0 Å². The first kappa shape index (κ1) is 10.3. The Labute approximate surface area is 96.2 Å². The van der Waals surface area contributed by atoms with E-state index >= 15 is 0 Å². The van der Waals surface area contributed by atoms with Crippen LogP contribution >= 0.6 is 0 Å². The monoisotopic (exact) mass is 220 g/mol. The van der Waals surface area contributed by atoms with Gasteiger partial charge in [0.1, 0.15) is 11.6 Å². The van der Waals surface area contributed by atoms with Gasteiger partial charge in [0, 0.05) is 11.5 Å². The van der Waals surface area contributed by atoms with Gasteiger partial charge in [-0.2, -0.15) is 0 Å². The minimum absolute atomic E-state index is 0.253. The maximum Gasteiger partial charge on any atom is 0.147 e. The molecule has 2 N–H and O–H groups in total. The van der Waals surface area contributed by atoms with Crippen molar-refractivity contribution in [3.05, 3.63) is 11.6 Å². The van der Waals surface area contributed by atoms with Crippen molar-refractivity contribution in [3.8, 4) is 0 Å². The van der Waals surface area contributed by atoms with E-state index in [-0.39, 0.29) is 5.41 Å². The Hall–Kier alpha value is -0.900. The Balaban J connectivity index is 2.02. The lowest BCUT2D eigenvalue weighted by molar-refractivity contribution is 0.428. The molecule has 1 heterocycles.